The maximum Gasteiger partial charge on any atom is 0.185 e. The summed E-state index contributed by atoms with van der Waals surface area (Å²) < 4.78 is 0. The van der Waals surface area contributed by atoms with Gasteiger partial charge < -0.3 is 15.1 Å². The van der Waals surface area contributed by atoms with Gasteiger partial charge in [-0.3, -0.25) is 0 Å². The molecule has 0 saturated carbocycles. The number of rotatable bonds is 2. The van der Waals surface area contributed by atoms with Gasteiger partial charge in [0, 0.05) is 19.3 Å². The van der Waals surface area contributed by atoms with E-state index in [1.54, 1.807) is 6.20 Å². The Hall–Kier alpha value is -0.880. The van der Waals surface area contributed by atoms with Crippen LogP contribution in [0.25, 0.3) is 10.4 Å². The molecule has 4 nitrogen and oxygen atoms in total. The number of hydrogen-bond acceptors (Lipinski definition) is 5. The van der Waals surface area contributed by atoms with E-state index in [4.69, 9.17) is 34.8 Å². The molecule has 1 aromatic carbocycles. The van der Waals surface area contributed by atoms with Gasteiger partial charge in [-0.05, 0) is 19.3 Å². The summed E-state index contributed by atoms with van der Waals surface area (Å²) in [4.78, 5) is 7.24. The van der Waals surface area contributed by atoms with Gasteiger partial charge in [-0.2, -0.15) is 0 Å². The number of benzene rings is 1. The van der Waals surface area contributed by atoms with Crippen LogP contribution in [0.3, 0.4) is 0 Å². The fourth-order valence-electron chi connectivity index (χ4n) is 2.47. The Kier molecular flexibility index (Phi) is 4.59. The summed E-state index contributed by atoms with van der Waals surface area (Å²) in [5, 5.41) is 20.7. The van der Waals surface area contributed by atoms with E-state index in [1.807, 2.05) is 0 Å². The largest absolute Gasteiger partial charge is 0.506 e. The Bertz CT molecular complexity index is 685. The van der Waals surface area contributed by atoms with Crippen LogP contribution in [0.1, 0.15) is 19.3 Å². The molecular weight excluding hydrogens is 367 g/mol. The van der Waals surface area contributed by atoms with E-state index >= 15 is 0 Å². The van der Waals surface area contributed by atoms with Crippen LogP contribution in [0.2, 0.25) is 15.1 Å². The third-order valence-corrected chi connectivity index (χ3v) is 5.92. The maximum atomic E-state index is 10.2. The summed E-state index contributed by atoms with van der Waals surface area (Å²) in [6.07, 6.45) is 5.16. The molecular formula is C14H13Cl3N2O2S. The van der Waals surface area contributed by atoms with Gasteiger partial charge in [-0.25, -0.2) is 4.98 Å². The summed E-state index contributed by atoms with van der Waals surface area (Å²) in [7, 11) is 0. The molecule has 0 amide bonds. The first-order valence-electron chi connectivity index (χ1n) is 6.80. The number of anilines is 1. The van der Waals surface area contributed by atoms with Crippen LogP contribution in [0, 0.1) is 0 Å². The fraction of sp³-hybridized carbons (Fsp3) is 0.357. The van der Waals surface area contributed by atoms with Crippen molar-refractivity contribution in [3.63, 3.8) is 0 Å². The van der Waals surface area contributed by atoms with Crippen molar-refractivity contribution in [1.82, 2.24) is 4.98 Å². The highest BCUT2D eigenvalue weighted by atomic mass is 35.5. The normalized spacial score (nSPS) is 15.3. The second-order valence-electron chi connectivity index (χ2n) is 5.07. The molecule has 2 aromatic rings. The summed E-state index contributed by atoms with van der Waals surface area (Å²) >= 11 is 19.3. The molecule has 2 N–H and O–H groups in total. The zero-order valence-corrected chi connectivity index (χ0v) is 14.5. The average molecular weight is 380 g/mol. The first kappa shape index (κ1) is 16.0. The van der Waals surface area contributed by atoms with E-state index in [2.05, 4.69) is 9.88 Å². The third kappa shape index (κ3) is 2.71. The number of hydrogen-bond donors (Lipinski definition) is 2. The van der Waals surface area contributed by atoms with Crippen LogP contribution >= 0.6 is 46.1 Å². The lowest BCUT2D eigenvalue weighted by atomic mass is 10.1. The molecule has 22 heavy (non-hydrogen) atoms. The van der Waals surface area contributed by atoms with Crippen molar-refractivity contribution in [3.8, 4) is 21.9 Å². The van der Waals surface area contributed by atoms with Crippen LogP contribution < -0.4 is 4.90 Å². The topological polar surface area (TPSA) is 56.6 Å². The van der Waals surface area contributed by atoms with Gasteiger partial charge in [0.2, 0.25) is 0 Å². The first-order chi connectivity index (χ1) is 10.5. The molecule has 2 heterocycles. The van der Waals surface area contributed by atoms with E-state index in [9.17, 15) is 10.2 Å². The van der Waals surface area contributed by atoms with Crippen LogP contribution in [-0.4, -0.2) is 28.3 Å². The summed E-state index contributed by atoms with van der Waals surface area (Å²) in [5.74, 6) is -0.586. The SMILES string of the molecule is Oc1c(Cl)c(Cl)c(O)c(-c2cnc(N3CCCCC3)s2)c1Cl. The number of aromatic hydroxyl groups is 2. The Morgan fingerprint density at radius 2 is 1.59 bits per heavy atom. The molecule has 1 fully saturated rings. The average Bonchev–Trinajstić information content (AvgIpc) is 3.02. The Morgan fingerprint density at radius 1 is 0.955 bits per heavy atom. The zero-order chi connectivity index (χ0) is 15.9. The van der Waals surface area contributed by atoms with Crippen molar-refractivity contribution in [3.05, 3.63) is 21.3 Å². The van der Waals surface area contributed by atoms with Gasteiger partial charge >= 0.3 is 0 Å². The maximum absolute atomic E-state index is 10.2. The number of halogens is 3. The number of aromatic nitrogens is 1. The third-order valence-electron chi connectivity index (χ3n) is 3.64. The first-order valence-corrected chi connectivity index (χ1v) is 8.75. The highest BCUT2D eigenvalue weighted by Crippen LogP contribution is 2.52. The van der Waals surface area contributed by atoms with Gasteiger partial charge in [-0.15, -0.1) is 0 Å². The van der Waals surface area contributed by atoms with Crippen molar-refractivity contribution in [2.24, 2.45) is 0 Å². The molecule has 3 rings (SSSR count). The number of phenolic OH excluding ortho intramolecular Hbond substituents is 2. The lowest BCUT2D eigenvalue weighted by Crippen LogP contribution is -2.29. The van der Waals surface area contributed by atoms with Crippen LogP contribution in [0.4, 0.5) is 5.13 Å². The smallest absolute Gasteiger partial charge is 0.185 e. The predicted octanol–water partition coefficient (Wildman–Crippen LogP) is 5.17. The Labute approximate surface area is 146 Å². The molecule has 8 heteroatoms. The fourth-order valence-corrected chi connectivity index (χ4v) is 4.25. The van der Waals surface area contributed by atoms with Crippen LogP contribution in [-0.2, 0) is 0 Å². The van der Waals surface area contributed by atoms with Crippen molar-refractivity contribution in [2.45, 2.75) is 19.3 Å². The van der Waals surface area contributed by atoms with E-state index in [-0.39, 0.29) is 32.1 Å². The molecule has 0 bridgehead atoms. The molecule has 0 aliphatic carbocycles. The zero-order valence-electron chi connectivity index (χ0n) is 11.4. The van der Waals surface area contributed by atoms with Gasteiger partial charge in [0.15, 0.2) is 10.9 Å². The minimum atomic E-state index is -0.339. The highest BCUT2D eigenvalue weighted by molar-refractivity contribution is 7.19. The number of nitrogens with zero attached hydrogens (tertiary/aromatic N) is 2. The highest BCUT2D eigenvalue weighted by Gasteiger charge is 2.24. The van der Waals surface area contributed by atoms with E-state index in [0.717, 1.165) is 31.1 Å². The molecule has 0 unspecified atom stereocenters. The van der Waals surface area contributed by atoms with Crippen molar-refractivity contribution < 1.29 is 10.2 Å². The van der Waals surface area contributed by atoms with E-state index < -0.39 is 0 Å². The van der Waals surface area contributed by atoms with Crippen LogP contribution in [0.5, 0.6) is 11.5 Å². The van der Waals surface area contributed by atoms with Gasteiger partial charge in [-0.1, -0.05) is 46.1 Å². The van der Waals surface area contributed by atoms with Gasteiger partial charge in [0.1, 0.15) is 15.8 Å². The molecule has 0 radical (unpaired) electrons. The molecule has 1 saturated heterocycles. The number of piperidine rings is 1. The van der Waals surface area contributed by atoms with Crippen molar-refractivity contribution in [2.75, 3.05) is 18.0 Å². The molecule has 1 aliphatic rings. The Morgan fingerprint density at radius 3 is 2.27 bits per heavy atom. The number of thiazole rings is 1. The lowest BCUT2D eigenvalue weighted by molar-refractivity contribution is 0.462. The van der Waals surface area contributed by atoms with Crippen molar-refractivity contribution >= 4 is 51.3 Å². The van der Waals surface area contributed by atoms with E-state index in [1.165, 1.54) is 17.8 Å². The number of phenols is 2. The Balaban J connectivity index is 2.03. The molecule has 118 valence electrons. The lowest BCUT2D eigenvalue weighted by Gasteiger charge is -2.25. The summed E-state index contributed by atoms with van der Waals surface area (Å²) in [6.45, 7) is 1.94. The van der Waals surface area contributed by atoms with E-state index in [0.29, 0.717) is 4.88 Å². The molecule has 0 atom stereocenters. The van der Waals surface area contributed by atoms with Crippen molar-refractivity contribution in [1.29, 1.82) is 0 Å². The molecule has 0 spiro atoms. The van der Waals surface area contributed by atoms with Crippen LogP contribution in [0.15, 0.2) is 6.20 Å². The quantitative estimate of drug-likeness (QED) is 0.558. The predicted molar refractivity (Wildman–Crippen MR) is 92.0 cm³/mol. The van der Waals surface area contributed by atoms with Gasteiger partial charge in [0.05, 0.1) is 15.5 Å². The molecule has 1 aromatic heterocycles. The molecule has 1 aliphatic heterocycles. The summed E-state index contributed by atoms with van der Waals surface area (Å²) in [5.41, 5.74) is 0.259. The minimum Gasteiger partial charge on any atom is -0.506 e. The summed E-state index contributed by atoms with van der Waals surface area (Å²) in [6, 6.07) is 0. The second kappa shape index (κ2) is 6.32. The van der Waals surface area contributed by atoms with Gasteiger partial charge in [0.25, 0.3) is 0 Å². The minimum absolute atomic E-state index is 0.0271. The monoisotopic (exact) mass is 378 g/mol. The second-order valence-corrected chi connectivity index (χ2v) is 7.21. The standard InChI is InChI=1S/C14H13Cl3N2O2S/c15-9-8(12(20)10(16)11(17)13(9)21)7-6-18-14(22-7)19-4-2-1-3-5-19/h6,20-21H,1-5H2.